The topological polar surface area (TPSA) is 64.6 Å². The number of hydrogen-bond acceptors (Lipinski definition) is 4. The number of hydrogen-bond donors (Lipinski definition) is 1. The molecule has 2 aliphatic rings. The van der Waals surface area contributed by atoms with E-state index in [1.54, 1.807) is 12.1 Å². The number of fused-ring (bicyclic) bond motifs is 1. The quantitative estimate of drug-likeness (QED) is 0.922. The third kappa shape index (κ3) is 3.35. The van der Waals surface area contributed by atoms with Crippen molar-refractivity contribution in [1.29, 1.82) is 0 Å². The molecule has 1 N–H and O–H groups in total. The Morgan fingerprint density at radius 1 is 1.05 bits per heavy atom. The van der Waals surface area contributed by atoms with Gasteiger partial charge >= 0.3 is 0 Å². The van der Waals surface area contributed by atoms with Crippen molar-refractivity contribution in [3.05, 3.63) is 29.3 Å². The molecule has 2 fully saturated rings. The van der Waals surface area contributed by atoms with E-state index >= 15 is 0 Å². The van der Waals surface area contributed by atoms with E-state index in [4.69, 9.17) is 9.47 Å². The summed E-state index contributed by atoms with van der Waals surface area (Å²) in [5.41, 5.74) is 2.07. The highest BCUT2D eigenvalue weighted by atomic mass is 32.2. The highest BCUT2D eigenvalue weighted by molar-refractivity contribution is 7.89. The molecular formula is C16H23NO4S. The number of nitrogens with one attached hydrogen (secondary N) is 1. The summed E-state index contributed by atoms with van der Waals surface area (Å²) in [6.07, 6.45) is 2.43. The van der Waals surface area contributed by atoms with Crippen LogP contribution in [0.3, 0.4) is 0 Å². The van der Waals surface area contributed by atoms with Gasteiger partial charge < -0.3 is 9.47 Å². The van der Waals surface area contributed by atoms with Gasteiger partial charge in [0.2, 0.25) is 10.0 Å². The van der Waals surface area contributed by atoms with Gasteiger partial charge in [-0.1, -0.05) is 6.07 Å². The molecule has 3 atom stereocenters. The minimum Gasteiger partial charge on any atom is -0.373 e. The molecule has 22 heavy (non-hydrogen) atoms. The van der Waals surface area contributed by atoms with Crippen LogP contribution in [0.1, 0.15) is 30.4 Å². The van der Waals surface area contributed by atoms with E-state index in [2.05, 4.69) is 4.72 Å². The van der Waals surface area contributed by atoms with Crippen LogP contribution >= 0.6 is 0 Å². The molecule has 122 valence electrons. The summed E-state index contributed by atoms with van der Waals surface area (Å²) in [5, 5.41) is 0. The smallest absolute Gasteiger partial charge is 0.240 e. The molecule has 1 aliphatic heterocycles. The summed E-state index contributed by atoms with van der Waals surface area (Å²) < 4.78 is 39.3. The van der Waals surface area contributed by atoms with Crippen molar-refractivity contribution in [2.75, 3.05) is 13.2 Å². The third-order valence-electron chi connectivity index (χ3n) is 4.59. The molecule has 1 saturated heterocycles. The monoisotopic (exact) mass is 325 g/mol. The molecule has 6 heteroatoms. The Labute approximate surface area is 132 Å². The molecule has 0 radical (unpaired) electrons. The number of rotatable bonds is 3. The Bertz CT molecular complexity index is 644. The minimum absolute atomic E-state index is 0.00922. The van der Waals surface area contributed by atoms with Gasteiger partial charge in [0.15, 0.2) is 0 Å². The molecule has 1 aromatic rings. The normalized spacial score (nSPS) is 29.1. The molecule has 1 heterocycles. The van der Waals surface area contributed by atoms with Gasteiger partial charge in [0.1, 0.15) is 0 Å². The predicted molar refractivity (Wildman–Crippen MR) is 83.4 cm³/mol. The van der Waals surface area contributed by atoms with Crippen LogP contribution in [0.2, 0.25) is 0 Å². The molecule has 3 rings (SSSR count). The Balaban J connectivity index is 1.70. The average molecular weight is 325 g/mol. The molecule has 1 saturated carbocycles. The van der Waals surface area contributed by atoms with E-state index in [1.807, 2.05) is 19.9 Å². The molecule has 1 aliphatic carbocycles. The maximum atomic E-state index is 12.5. The SMILES string of the molecule is Cc1ccc(S(=O)(=O)NC2CCC3OCCOC3C2)cc1C. The molecule has 0 amide bonds. The van der Waals surface area contributed by atoms with Crippen molar-refractivity contribution in [1.82, 2.24) is 4.72 Å². The summed E-state index contributed by atoms with van der Waals surface area (Å²) in [7, 11) is -3.48. The zero-order valence-corrected chi connectivity index (χ0v) is 13.9. The maximum Gasteiger partial charge on any atom is 0.240 e. The highest BCUT2D eigenvalue weighted by Crippen LogP contribution is 2.28. The molecule has 0 aromatic heterocycles. The van der Waals surface area contributed by atoms with Crippen LogP contribution in [0, 0.1) is 13.8 Å². The Hall–Kier alpha value is -0.950. The first-order valence-corrected chi connectivity index (χ1v) is 9.27. The lowest BCUT2D eigenvalue weighted by Crippen LogP contribution is -2.49. The molecule has 5 nitrogen and oxygen atoms in total. The first kappa shape index (κ1) is 15.9. The van der Waals surface area contributed by atoms with Gasteiger partial charge in [0, 0.05) is 6.04 Å². The van der Waals surface area contributed by atoms with Crippen molar-refractivity contribution in [2.24, 2.45) is 0 Å². The summed E-state index contributed by atoms with van der Waals surface area (Å²) in [6.45, 7) is 5.13. The van der Waals surface area contributed by atoms with Gasteiger partial charge in [-0.25, -0.2) is 13.1 Å². The lowest BCUT2D eigenvalue weighted by atomic mass is 9.90. The summed E-state index contributed by atoms with van der Waals surface area (Å²) in [5.74, 6) is 0. The molecule has 3 unspecified atom stereocenters. The number of ether oxygens (including phenoxy) is 2. The van der Waals surface area contributed by atoms with Crippen LogP contribution in [0.5, 0.6) is 0 Å². The fourth-order valence-corrected chi connectivity index (χ4v) is 4.51. The largest absolute Gasteiger partial charge is 0.373 e. The average Bonchev–Trinajstić information content (AvgIpc) is 2.49. The van der Waals surface area contributed by atoms with E-state index in [-0.39, 0.29) is 18.2 Å². The standard InChI is InChI=1S/C16H23NO4S/c1-11-3-5-14(9-12(11)2)22(18,19)17-13-4-6-15-16(10-13)21-8-7-20-15/h3,5,9,13,15-17H,4,6-8,10H2,1-2H3. The van der Waals surface area contributed by atoms with Crippen molar-refractivity contribution in [3.8, 4) is 0 Å². The minimum atomic E-state index is -3.48. The highest BCUT2D eigenvalue weighted by Gasteiger charge is 2.35. The van der Waals surface area contributed by atoms with E-state index in [0.717, 1.165) is 24.0 Å². The molecule has 0 spiro atoms. The zero-order chi connectivity index (χ0) is 15.7. The van der Waals surface area contributed by atoms with E-state index in [9.17, 15) is 8.42 Å². The second kappa shape index (κ2) is 6.28. The van der Waals surface area contributed by atoms with Crippen LogP contribution in [0.4, 0.5) is 0 Å². The van der Waals surface area contributed by atoms with Crippen LogP contribution in [-0.4, -0.2) is 39.9 Å². The first-order chi connectivity index (χ1) is 10.5. The van der Waals surface area contributed by atoms with Gasteiger partial charge in [-0.05, 0) is 56.4 Å². The first-order valence-electron chi connectivity index (χ1n) is 7.78. The van der Waals surface area contributed by atoms with Crippen molar-refractivity contribution in [2.45, 2.75) is 56.3 Å². The Morgan fingerprint density at radius 2 is 1.77 bits per heavy atom. The van der Waals surface area contributed by atoms with Crippen LogP contribution in [0.25, 0.3) is 0 Å². The molecule has 1 aromatic carbocycles. The lowest BCUT2D eigenvalue weighted by molar-refractivity contribution is -0.156. The predicted octanol–water partition coefficient (Wildman–Crippen LogP) is 1.92. The summed E-state index contributed by atoms with van der Waals surface area (Å²) in [6, 6.07) is 5.15. The fourth-order valence-electron chi connectivity index (χ4n) is 3.14. The number of aryl methyl sites for hydroxylation is 2. The summed E-state index contributed by atoms with van der Waals surface area (Å²) >= 11 is 0. The van der Waals surface area contributed by atoms with E-state index in [0.29, 0.717) is 24.5 Å². The van der Waals surface area contributed by atoms with Gasteiger partial charge in [-0.2, -0.15) is 0 Å². The molecular weight excluding hydrogens is 302 g/mol. The van der Waals surface area contributed by atoms with E-state index in [1.165, 1.54) is 0 Å². The van der Waals surface area contributed by atoms with Gasteiger partial charge in [-0.15, -0.1) is 0 Å². The van der Waals surface area contributed by atoms with Gasteiger partial charge in [0.25, 0.3) is 0 Å². The summed E-state index contributed by atoms with van der Waals surface area (Å²) in [4.78, 5) is 0.332. The van der Waals surface area contributed by atoms with Gasteiger partial charge in [-0.3, -0.25) is 0 Å². The van der Waals surface area contributed by atoms with E-state index < -0.39 is 10.0 Å². The Kier molecular flexibility index (Phi) is 4.54. The third-order valence-corrected chi connectivity index (χ3v) is 6.11. The van der Waals surface area contributed by atoms with Crippen LogP contribution in [0.15, 0.2) is 23.1 Å². The second-order valence-corrected chi connectivity index (χ2v) is 7.91. The second-order valence-electron chi connectivity index (χ2n) is 6.20. The molecule has 0 bridgehead atoms. The van der Waals surface area contributed by atoms with Crippen LogP contribution in [-0.2, 0) is 19.5 Å². The number of benzene rings is 1. The fraction of sp³-hybridized carbons (Fsp3) is 0.625. The number of sulfonamides is 1. The van der Waals surface area contributed by atoms with Crippen molar-refractivity contribution in [3.63, 3.8) is 0 Å². The lowest BCUT2D eigenvalue weighted by Gasteiger charge is -2.38. The van der Waals surface area contributed by atoms with Crippen LogP contribution < -0.4 is 4.72 Å². The van der Waals surface area contributed by atoms with Gasteiger partial charge in [0.05, 0.1) is 30.3 Å². The Morgan fingerprint density at radius 3 is 2.50 bits per heavy atom. The maximum absolute atomic E-state index is 12.5. The van der Waals surface area contributed by atoms with Crippen molar-refractivity contribution >= 4 is 10.0 Å². The van der Waals surface area contributed by atoms with Crippen molar-refractivity contribution < 1.29 is 17.9 Å². The zero-order valence-electron chi connectivity index (χ0n) is 13.0.